The Labute approximate surface area is 244 Å². The number of benzene rings is 1. The van der Waals surface area contributed by atoms with E-state index in [1.54, 1.807) is 19.4 Å². The fraction of sp³-hybridized carbons (Fsp3) is 0.500. The largest absolute Gasteiger partial charge is 0.491 e. The number of ether oxygens (including phenoxy) is 3. The number of aromatic nitrogens is 3. The fourth-order valence-electron chi connectivity index (χ4n) is 5.49. The van der Waals surface area contributed by atoms with E-state index in [-0.39, 0.29) is 18.4 Å². The molecule has 2 aromatic heterocycles. The number of amides is 1. The van der Waals surface area contributed by atoms with Gasteiger partial charge in [0.05, 0.1) is 32.5 Å². The molecule has 220 valence electrons. The Bertz CT molecular complexity index is 1440. The minimum atomic E-state index is -0.403. The van der Waals surface area contributed by atoms with Crippen molar-refractivity contribution < 1.29 is 19.0 Å². The number of carbonyl (C=O) groups excluding carboxylic acids is 1. The van der Waals surface area contributed by atoms with Crippen molar-refractivity contribution in [2.24, 2.45) is 10.7 Å². The summed E-state index contributed by atoms with van der Waals surface area (Å²) in [7, 11) is 1.60. The Hall–Kier alpha value is -3.45. The Balaban J connectivity index is 0.00000337. The summed E-state index contributed by atoms with van der Waals surface area (Å²) in [4.78, 5) is 31.4. The van der Waals surface area contributed by atoms with Crippen molar-refractivity contribution in [1.29, 1.82) is 0 Å². The van der Waals surface area contributed by atoms with E-state index in [1.165, 1.54) is 0 Å². The second kappa shape index (κ2) is 13.0. The summed E-state index contributed by atoms with van der Waals surface area (Å²) in [5.41, 5.74) is 7.34. The van der Waals surface area contributed by atoms with Gasteiger partial charge in [0.1, 0.15) is 17.2 Å². The Morgan fingerprint density at radius 2 is 2.05 bits per heavy atom. The van der Waals surface area contributed by atoms with Crippen LogP contribution in [-0.2, 0) is 11.3 Å². The molecule has 3 N–H and O–H groups in total. The lowest BCUT2D eigenvalue weighted by atomic mass is 10.2. The first-order chi connectivity index (χ1) is 19.6. The molecule has 12 nitrogen and oxygen atoms in total. The third-order valence-electron chi connectivity index (χ3n) is 7.63. The number of pyridine rings is 1. The molecule has 0 saturated carbocycles. The predicted octanol–water partition coefficient (Wildman–Crippen LogP) is 1.67. The van der Waals surface area contributed by atoms with Gasteiger partial charge < -0.3 is 30.2 Å². The highest BCUT2D eigenvalue weighted by molar-refractivity contribution is 5.96. The molecule has 0 aliphatic carbocycles. The number of carbonyl (C=O) groups is 1. The van der Waals surface area contributed by atoms with E-state index in [0.717, 1.165) is 75.8 Å². The van der Waals surface area contributed by atoms with Gasteiger partial charge in [0, 0.05) is 63.4 Å². The van der Waals surface area contributed by atoms with Gasteiger partial charge >= 0.3 is 0 Å². The van der Waals surface area contributed by atoms with Crippen LogP contribution in [-0.4, -0.2) is 97.6 Å². The van der Waals surface area contributed by atoms with Crippen LogP contribution in [0.15, 0.2) is 35.5 Å². The van der Waals surface area contributed by atoms with Crippen LogP contribution in [0.2, 0.25) is 0 Å². The number of anilines is 2. The van der Waals surface area contributed by atoms with Gasteiger partial charge in [-0.2, -0.15) is 4.99 Å². The van der Waals surface area contributed by atoms with E-state index in [2.05, 4.69) is 25.1 Å². The molecule has 2 saturated heterocycles. The topological polar surface area (TPSA) is 132 Å². The average Bonchev–Trinajstić information content (AvgIpc) is 3.66. The van der Waals surface area contributed by atoms with Crippen molar-refractivity contribution in [3.05, 3.63) is 41.6 Å². The van der Waals surface area contributed by atoms with Crippen LogP contribution in [0.1, 0.15) is 23.2 Å². The highest BCUT2D eigenvalue weighted by Gasteiger charge is 2.22. The number of hydrogen-bond acceptors (Lipinski definition) is 10. The number of halogens is 1. The molecule has 1 aromatic carbocycles. The summed E-state index contributed by atoms with van der Waals surface area (Å²) in [5.74, 6) is 2.41. The van der Waals surface area contributed by atoms with Crippen LogP contribution < -0.4 is 31.0 Å². The maximum atomic E-state index is 13.2. The highest BCUT2D eigenvalue weighted by atomic mass is 35.5. The molecule has 1 amide bonds. The molecule has 0 spiro atoms. The molecule has 6 rings (SSSR count). The zero-order chi connectivity index (χ0) is 27.5. The quantitative estimate of drug-likeness (QED) is 0.377. The van der Waals surface area contributed by atoms with Crippen molar-refractivity contribution >= 4 is 40.9 Å². The SMILES string of the molecule is COc1c(OCCCN2CCOCC2)ccc2c3n(c(=NC(=O)c4ccc(N5CC[C@@H](N)C5)nc4)nc12)CCN3.Cl. The van der Waals surface area contributed by atoms with Crippen LogP contribution in [0, 0.1) is 0 Å². The molecule has 13 heteroatoms. The van der Waals surface area contributed by atoms with Gasteiger partial charge in [0.15, 0.2) is 11.5 Å². The van der Waals surface area contributed by atoms with E-state index < -0.39 is 5.91 Å². The van der Waals surface area contributed by atoms with Gasteiger partial charge in [-0.25, -0.2) is 9.97 Å². The van der Waals surface area contributed by atoms with Crippen molar-refractivity contribution in [2.75, 3.05) is 76.4 Å². The number of hydrogen-bond donors (Lipinski definition) is 2. The van der Waals surface area contributed by atoms with Gasteiger partial charge in [0.2, 0.25) is 5.62 Å². The summed E-state index contributed by atoms with van der Waals surface area (Å²) >= 11 is 0. The highest BCUT2D eigenvalue weighted by Crippen LogP contribution is 2.37. The van der Waals surface area contributed by atoms with Crippen LogP contribution in [0.5, 0.6) is 11.5 Å². The Morgan fingerprint density at radius 3 is 2.78 bits per heavy atom. The fourth-order valence-corrected chi connectivity index (χ4v) is 5.49. The lowest BCUT2D eigenvalue weighted by Gasteiger charge is -2.26. The lowest BCUT2D eigenvalue weighted by Crippen LogP contribution is -2.37. The van der Waals surface area contributed by atoms with Crippen LogP contribution in [0.25, 0.3) is 10.9 Å². The smallest absolute Gasteiger partial charge is 0.281 e. The number of morpholine rings is 1. The zero-order valence-corrected chi connectivity index (χ0v) is 24.1. The Morgan fingerprint density at radius 1 is 1.20 bits per heavy atom. The van der Waals surface area contributed by atoms with Crippen molar-refractivity contribution in [2.45, 2.75) is 25.4 Å². The molecule has 3 aliphatic rings. The molecule has 41 heavy (non-hydrogen) atoms. The number of nitrogens with zero attached hydrogens (tertiary/aromatic N) is 6. The minimum absolute atomic E-state index is 0. The van der Waals surface area contributed by atoms with Crippen molar-refractivity contribution in [3.63, 3.8) is 0 Å². The summed E-state index contributed by atoms with van der Waals surface area (Å²) in [5, 5.41) is 4.30. The maximum Gasteiger partial charge on any atom is 0.281 e. The minimum Gasteiger partial charge on any atom is -0.491 e. The molecule has 0 bridgehead atoms. The summed E-state index contributed by atoms with van der Waals surface area (Å²) < 4.78 is 19.3. The third-order valence-corrected chi connectivity index (χ3v) is 7.63. The number of fused-ring (bicyclic) bond motifs is 3. The van der Waals surface area contributed by atoms with Crippen LogP contribution in [0.3, 0.4) is 0 Å². The standard InChI is InChI=1S/C28H36N8O4.ClH/c1-38-25-22(40-14-2-9-34-12-15-39-16-13-34)5-4-21-24(25)32-28(36-11-8-30-26(21)36)33-27(37)19-3-6-23(31-17-19)35-10-7-20(29)18-35;/h3-6,17,20,30H,2,7-16,18,29H2,1H3;1H/t20-;/m1./s1. The summed E-state index contributed by atoms with van der Waals surface area (Å²) in [6.07, 6.45) is 3.40. The first kappa shape index (κ1) is 29.1. The van der Waals surface area contributed by atoms with Crippen LogP contribution >= 0.6 is 12.4 Å². The Kier molecular flexibility index (Phi) is 9.23. The second-order valence-electron chi connectivity index (χ2n) is 10.3. The number of nitrogens with two attached hydrogens (primary N) is 1. The van der Waals surface area contributed by atoms with E-state index in [0.29, 0.717) is 47.9 Å². The van der Waals surface area contributed by atoms with Gasteiger partial charge in [-0.1, -0.05) is 0 Å². The molecular weight excluding hydrogens is 548 g/mol. The average molecular weight is 585 g/mol. The molecule has 0 unspecified atom stereocenters. The molecule has 3 aromatic rings. The van der Waals surface area contributed by atoms with Gasteiger partial charge in [-0.05, 0) is 37.1 Å². The second-order valence-corrected chi connectivity index (χ2v) is 10.3. The molecule has 2 fully saturated rings. The summed E-state index contributed by atoms with van der Waals surface area (Å²) in [6, 6.07) is 7.65. The van der Waals surface area contributed by atoms with Gasteiger partial charge in [-0.15, -0.1) is 12.4 Å². The van der Waals surface area contributed by atoms with E-state index in [4.69, 9.17) is 24.9 Å². The first-order valence-corrected chi connectivity index (χ1v) is 13.9. The van der Waals surface area contributed by atoms with Gasteiger partial charge in [-0.3, -0.25) is 14.3 Å². The van der Waals surface area contributed by atoms with Crippen LogP contribution in [0.4, 0.5) is 11.6 Å². The maximum absolute atomic E-state index is 13.2. The zero-order valence-electron chi connectivity index (χ0n) is 23.3. The molecular formula is C28H37ClN8O4. The molecule has 1 atom stereocenters. The van der Waals surface area contributed by atoms with Crippen molar-refractivity contribution in [3.8, 4) is 11.5 Å². The number of nitrogens with one attached hydrogen (secondary N) is 1. The molecule has 3 aliphatic heterocycles. The molecule has 5 heterocycles. The van der Waals surface area contributed by atoms with Crippen molar-refractivity contribution in [1.82, 2.24) is 19.4 Å². The van der Waals surface area contributed by atoms with E-state index >= 15 is 0 Å². The van der Waals surface area contributed by atoms with Gasteiger partial charge in [0.25, 0.3) is 5.91 Å². The predicted molar refractivity (Wildman–Crippen MR) is 158 cm³/mol. The first-order valence-electron chi connectivity index (χ1n) is 13.9. The normalized spacial score (nSPS) is 19.1. The number of rotatable bonds is 8. The summed E-state index contributed by atoms with van der Waals surface area (Å²) in [6.45, 7) is 7.99. The lowest BCUT2D eigenvalue weighted by molar-refractivity contribution is 0.0357. The number of methoxy groups -OCH3 is 1. The van der Waals surface area contributed by atoms with E-state index in [9.17, 15) is 4.79 Å². The van der Waals surface area contributed by atoms with E-state index in [1.807, 2.05) is 22.8 Å². The monoisotopic (exact) mass is 584 g/mol. The third kappa shape index (κ3) is 6.25. The molecule has 0 radical (unpaired) electrons.